The van der Waals surface area contributed by atoms with Crippen molar-refractivity contribution in [3.63, 3.8) is 0 Å². The minimum Gasteiger partial charge on any atom is -0.464 e. The molecule has 0 bridgehead atoms. The van der Waals surface area contributed by atoms with Crippen LogP contribution in [0.25, 0.3) is 0 Å². The minimum absolute atomic E-state index is 0.244. The summed E-state index contributed by atoms with van der Waals surface area (Å²) in [5.74, 6) is -1.62. The quantitative estimate of drug-likeness (QED) is 0.588. The Morgan fingerprint density at radius 3 is 2.54 bits per heavy atom. The van der Waals surface area contributed by atoms with Gasteiger partial charge >= 0.3 is 5.97 Å². The number of ether oxygens (including phenoxy) is 1. The highest BCUT2D eigenvalue weighted by molar-refractivity contribution is 7.98. The van der Waals surface area contributed by atoms with Gasteiger partial charge in [-0.3, -0.25) is 14.5 Å². The number of hydrogen-bond donors (Lipinski definition) is 1. The highest BCUT2D eigenvalue weighted by Gasteiger charge is 2.71. The number of quaternary nitrogens is 1. The highest BCUT2D eigenvalue weighted by atomic mass is 35.5. The topological polar surface area (TPSA) is 80.3 Å². The van der Waals surface area contributed by atoms with E-state index in [1.807, 2.05) is 23.7 Å². The van der Waals surface area contributed by atoms with E-state index in [9.17, 15) is 14.4 Å². The Morgan fingerprint density at radius 1 is 1.31 bits per heavy atom. The van der Waals surface area contributed by atoms with Crippen LogP contribution in [-0.2, 0) is 19.1 Å². The number of halogens is 1. The number of fused-ring (bicyclic) bond motifs is 1. The molecule has 1 aromatic rings. The highest BCUT2D eigenvalue weighted by Crippen LogP contribution is 2.45. The number of rotatable bonds is 5. The molecular formula is C18H22ClN2O4S+. The van der Waals surface area contributed by atoms with E-state index >= 15 is 0 Å². The molecule has 2 saturated heterocycles. The third-order valence-corrected chi connectivity index (χ3v) is 6.39. The number of methoxy groups -OCH3 is 1. The van der Waals surface area contributed by atoms with E-state index in [1.165, 1.54) is 14.2 Å². The van der Waals surface area contributed by atoms with E-state index in [0.717, 1.165) is 10.5 Å². The molecule has 0 saturated carbocycles. The van der Waals surface area contributed by atoms with Gasteiger partial charge in [0.2, 0.25) is 17.4 Å². The lowest BCUT2D eigenvalue weighted by Gasteiger charge is -2.28. The van der Waals surface area contributed by atoms with Crippen LogP contribution in [0.4, 0.5) is 0 Å². The van der Waals surface area contributed by atoms with E-state index in [2.05, 4.69) is 0 Å². The molecule has 26 heavy (non-hydrogen) atoms. The number of amides is 2. The second-order valence-corrected chi connectivity index (χ2v) is 8.18. The van der Waals surface area contributed by atoms with Gasteiger partial charge < -0.3 is 10.1 Å². The standard InChI is InChI=1S/C18H21ClN2O4S/c1-21-15(22)12-13(16(21)23)18(8-9-26-3,17(24)25-2)20-14(12)10-4-6-11(19)7-5-10/h4-7,12-14,20H,8-9H2,1-3H3/p+1/t12-,13-,14-,18+/m0/s1. The summed E-state index contributed by atoms with van der Waals surface area (Å²) in [6.45, 7) is 0. The SMILES string of the molecule is COC(=O)[C@]1(CCSC)[NH2+][C@@H](c2ccc(Cl)cc2)[C@H]2C(=O)N(C)C(=O)[C@H]21. The molecule has 0 unspecified atom stereocenters. The lowest BCUT2D eigenvalue weighted by Crippen LogP contribution is -2.98. The Morgan fingerprint density at radius 2 is 1.96 bits per heavy atom. The zero-order valence-corrected chi connectivity index (χ0v) is 16.5. The van der Waals surface area contributed by atoms with Gasteiger partial charge in [-0.1, -0.05) is 23.7 Å². The summed E-state index contributed by atoms with van der Waals surface area (Å²) >= 11 is 7.58. The number of carbonyl (C=O) groups is 3. The summed E-state index contributed by atoms with van der Waals surface area (Å²) in [6.07, 6.45) is 2.40. The van der Waals surface area contributed by atoms with Crippen LogP contribution in [0.15, 0.2) is 24.3 Å². The fraction of sp³-hybridized carbons (Fsp3) is 0.500. The molecule has 8 heteroatoms. The Kier molecular flexibility index (Phi) is 5.33. The van der Waals surface area contributed by atoms with Crippen LogP contribution in [0.5, 0.6) is 0 Å². The number of carbonyl (C=O) groups excluding carboxylic acids is 3. The summed E-state index contributed by atoms with van der Waals surface area (Å²) in [7, 11) is 2.81. The largest absolute Gasteiger partial charge is 0.464 e. The third kappa shape index (κ3) is 2.82. The number of nitrogens with zero attached hydrogens (tertiary/aromatic N) is 1. The molecule has 6 nitrogen and oxygen atoms in total. The van der Waals surface area contributed by atoms with Gasteiger partial charge in [0.25, 0.3) is 0 Å². The van der Waals surface area contributed by atoms with Crippen LogP contribution in [0, 0.1) is 11.8 Å². The van der Waals surface area contributed by atoms with Crippen molar-refractivity contribution in [3.8, 4) is 0 Å². The van der Waals surface area contributed by atoms with Crippen LogP contribution in [0.3, 0.4) is 0 Å². The maximum absolute atomic E-state index is 12.9. The summed E-state index contributed by atoms with van der Waals surface area (Å²) in [5.41, 5.74) is -0.222. The number of benzene rings is 1. The first-order chi connectivity index (χ1) is 12.4. The smallest absolute Gasteiger partial charge is 0.368 e. The number of hydrogen-bond acceptors (Lipinski definition) is 5. The van der Waals surface area contributed by atoms with Crippen molar-refractivity contribution >= 4 is 41.1 Å². The normalized spacial score (nSPS) is 30.6. The van der Waals surface area contributed by atoms with Gasteiger partial charge in [-0.05, 0) is 24.1 Å². The van der Waals surface area contributed by atoms with Gasteiger partial charge in [-0.15, -0.1) is 0 Å². The van der Waals surface area contributed by atoms with Crippen LogP contribution in [-0.4, -0.2) is 54.4 Å². The zero-order valence-electron chi connectivity index (χ0n) is 14.9. The summed E-state index contributed by atoms with van der Waals surface area (Å²) in [4.78, 5) is 39.7. The minimum atomic E-state index is -1.09. The molecule has 3 rings (SSSR count). The fourth-order valence-electron chi connectivity index (χ4n) is 4.25. The maximum Gasteiger partial charge on any atom is 0.368 e. The van der Waals surface area contributed by atoms with Crippen LogP contribution >= 0.6 is 23.4 Å². The Hall–Kier alpha value is -1.57. The first-order valence-corrected chi connectivity index (χ1v) is 10.1. The summed E-state index contributed by atoms with van der Waals surface area (Å²) < 4.78 is 5.08. The molecule has 1 aromatic carbocycles. The Bertz CT molecular complexity index is 741. The predicted molar refractivity (Wildman–Crippen MR) is 98.6 cm³/mol. The average molecular weight is 398 g/mol. The van der Waals surface area contributed by atoms with Gasteiger partial charge in [0.15, 0.2) is 0 Å². The Labute approximate surface area is 161 Å². The fourth-order valence-corrected chi connectivity index (χ4v) is 4.92. The van der Waals surface area contributed by atoms with E-state index < -0.39 is 23.3 Å². The molecular weight excluding hydrogens is 376 g/mol. The monoisotopic (exact) mass is 397 g/mol. The number of nitrogens with two attached hydrogens (primary N) is 1. The van der Waals surface area contributed by atoms with Crippen molar-refractivity contribution in [2.75, 3.05) is 26.2 Å². The molecule has 2 heterocycles. The first kappa shape index (κ1) is 19.2. The third-order valence-electron chi connectivity index (χ3n) is 5.53. The molecule has 2 aliphatic rings. The Balaban J connectivity index is 2.11. The van der Waals surface area contributed by atoms with Crippen LogP contribution in [0.2, 0.25) is 5.02 Å². The molecule has 140 valence electrons. The van der Waals surface area contributed by atoms with Crippen molar-refractivity contribution in [1.29, 1.82) is 0 Å². The zero-order chi connectivity index (χ0) is 19.1. The number of thioether (sulfide) groups is 1. The molecule has 2 aliphatic heterocycles. The molecule has 0 spiro atoms. The van der Waals surface area contributed by atoms with Crippen molar-refractivity contribution in [2.24, 2.45) is 11.8 Å². The molecule has 0 aliphatic carbocycles. The summed E-state index contributed by atoms with van der Waals surface area (Å²) in [6, 6.07) is 6.87. The second kappa shape index (κ2) is 7.21. The molecule has 2 amide bonds. The van der Waals surface area contributed by atoms with Gasteiger partial charge in [0.05, 0.1) is 7.11 Å². The van der Waals surface area contributed by atoms with Crippen molar-refractivity contribution in [3.05, 3.63) is 34.9 Å². The molecule has 2 N–H and O–H groups in total. The average Bonchev–Trinajstić information content (AvgIpc) is 3.10. The number of likely N-dealkylation sites (tertiary alicyclic amines) is 1. The van der Waals surface area contributed by atoms with E-state index in [0.29, 0.717) is 17.2 Å². The molecule has 0 radical (unpaired) electrons. The molecule has 2 fully saturated rings. The molecule has 4 atom stereocenters. The van der Waals surface area contributed by atoms with Crippen molar-refractivity contribution in [1.82, 2.24) is 4.90 Å². The first-order valence-electron chi connectivity index (χ1n) is 8.37. The second-order valence-electron chi connectivity index (χ2n) is 6.76. The van der Waals surface area contributed by atoms with E-state index in [4.69, 9.17) is 16.3 Å². The maximum atomic E-state index is 12.9. The van der Waals surface area contributed by atoms with Crippen LogP contribution in [0.1, 0.15) is 18.0 Å². The number of esters is 1. The molecule has 0 aromatic heterocycles. The lowest BCUT2D eigenvalue weighted by molar-refractivity contribution is -0.734. The number of imide groups is 1. The van der Waals surface area contributed by atoms with Crippen molar-refractivity contribution < 1.29 is 24.4 Å². The summed E-state index contributed by atoms with van der Waals surface area (Å²) in [5, 5.41) is 2.46. The van der Waals surface area contributed by atoms with Gasteiger partial charge in [-0.25, -0.2) is 4.79 Å². The lowest BCUT2D eigenvalue weighted by atomic mass is 9.78. The van der Waals surface area contributed by atoms with Gasteiger partial charge in [-0.2, -0.15) is 11.8 Å². The van der Waals surface area contributed by atoms with Gasteiger partial charge in [0.1, 0.15) is 17.9 Å². The van der Waals surface area contributed by atoms with E-state index in [1.54, 1.807) is 23.9 Å². The van der Waals surface area contributed by atoms with Gasteiger partial charge in [0, 0.05) is 24.1 Å². The predicted octanol–water partition coefficient (Wildman–Crippen LogP) is 0.854. The van der Waals surface area contributed by atoms with Crippen LogP contribution < -0.4 is 5.32 Å². The van der Waals surface area contributed by atoms with E-state index in [-0.39, 0.29) is 17.9 Å². The van der Waals surface area contributed by atoms with Crippen molar-refractivity contribution in [2.45, 2.75) is 18.0 Å².